The number of fused-ring (bicyclic) bond motifs is 1. The number of nitrogens with one attached hydrogen (secondary N) is 2. The summed E-state index contributed by atoms with van der Waals surface area (Å²) in [5, 5.41) is 9.75. The van der Waals surface area contributed by atoms with Gasteiger partial charge in [0.15, 0.2) is 0 Å². The van der Waals surface area contributed by atoms with Gasteiger partial charge in [-0.3, -0.25) is 4.90 Å². The Morgan fingerprint density at radius 1 is 1.05 bits per heavy atom. The average Bonchev–Trinajstić information content (AvgIpc) is 2.95. The van der Waals surface area contributed by atoms with E-state index >= 15 is 0 Å². The van der Waals surface area contributed by atoms with E-state index < -0.39 is 0 Å². The maximum Gasteiger partial charge on any atom is 0.141 e. The topological polar surface area (TPSA) is 84.0 Å². The van der Waals surface area contributed by atoms with E-state index in [0.717, 1.165) is 81.1 Å². The van der Waals surface area contributed by atoms with Crippen molar-refractivity contribution in [2.75, 3.05) is 84.4 Å². The summed E-state index contributed by atoms with van der Waals surface area (Å²) in [4.78, 5) is 14.6. The van der Waals surface area contributed by atoms with Crippen LogP contribution in [0, 0.1) is 0 Å². The van der Waals surface area contributed by atoms with Gasteiger partial charge in [0.1, 0.15) is 23.1 Å². The molecule has 5 rings (SSSR count). The van der Waals surface area contributed by atoms with Gasteiger partial charge in [0.25, 0.3) is 0 Å². The minimum atomic E-state index is 0.242. The van der Waals surface area contributed by atoms with Crippen molar-refractivity contribution in [1.82, 2.24) is 19.8 Å². The van der Waals surface area contributed by atoms with Crippen molar-refractivity contribution in [3.63, 3.8) is 0 Å². The van der Waals surface area contributed by atoms with Gasteiger partial charge < -0.3 is 29.7 Å². The molecule has 0 bridgehead atoms. The van der Waals surface area contributed by atoms with E-state index in [1.807, 2.05) is 18.3 Å². The number of hydrogen-bond acceptors (Lipinski definition) is 9. The number of hydrogen-bond donors (Lipinski definition) is 2. The molecule has 11 heteroatoms. The van der Waals surface area contributed by atoms with E-state index in [-0.39, 0.29) is 6.04 Å². The first kappa shape index (κ1) is 28.0. The van der Waals surface area contributed by atoms with E-state index in [2.05, 4.69) is 27.5 Å². The molecule has 1 aromatic carbocycles. The zero-order valence-electron chi connectivity index (χ0n) is 22.7. The highest BCUT2D eigenvalue weighted by Crippen LogP contribution is 2.46. The van der Waals surface area contributed by atoms with Gasteiger partial charge in [0, 0.05) is 74.5 Å². The molecule has 1 unspecified atom stereocenters. The molecule has 0 amide bonds. The minimum absolute atomic E-state index is 0.242. The zero-order chi connectivity index (χ0) is 27.4. The number of halogens is 2. The number of piperazine rings is 1. The molecule has 2 aromatic heterocycles. The lowest BCUT2D eigenvalue weighted by molar-refractivity contribution is 0.0875. The lowest BCUT2D eigenvalue weighted by atomic mass is 10.1. The highest BCUT2D eigenvalue weighted by atomic mass is 35.5. The van der Waals surface area contributed by atoms with E-state index in [0.29, 0.717) is 39.4 Å². The maximum atomic E-state index is 6.76. The molecule has 0 spiro atoms. The molecule has 0 saturated carbocycles. The van der Waals surface area contributed by atoms with Gasteiger partial charge >= 0.3 is 0 Å². The summed E-state index contributed by atoms with van der Waals surface area (Å²) in [6, 6.07) is 5.92. The summed E-state index contributed by atoms with van der Waals surface area (Å²) < 4.78 is 16.6. The predicted molar refractivity (Wildman–Crippen MR) is 158 cm³/mol. The molecule has 2 aliphatic rings. The first-order valence-electron chi connectivity index (χ1n) is 13.4. The molecule has 1 atom stereocenters. The number of nitrogens with zero attached hydrogens (tertiary/aromatic N) is 4. The van der Waals surface area contributed by atoms with Crippen molar-refractivity contribution in [2.24, 2.45) is 0 Å². The van der Waals surface area contributed by atoms with Crippen molar-refractivity contribution < 1.29 is 14.2 Å². The Hall–Kier alpha value is -2.56. The normalized spacial score (nSPS) is 18.7. The molecule has 3 aromatic rings. The Labute approximate surface area is 239 Å². The zero-order valence-corrected chi connectivity index (χ0v) is 24.2. The number of benzene rings is 1. The van der Waals surface area contributed by atoms with Crippen LogP contribution in [-0.4, -0.2) is 99.6 Å². The fourth-order valence-electron chi connectivity index (χ4n) is 5.07. The van der Waals surface area contributed by atoms with Crippen LogP contribution in [-0.2, 0) is 4.74 Å². The number of methoxy groups -OCH3 is 2. The van der Waals surface area contributed by atoms with Crippen molar-refractivity contribution in [1.29, 1.82) is 0 Å². The standard InChI is InChI=1S/C28H36Cl2N6O3/c1-35-8-10-36(11-9-35)7-6-31-28-20-14-24(33-19-5-4-12-39-17-19)32-16-18(20)13-21(34-28)25-26(29)22(37-2)15-23(38-3)27(25)30/h13-16,19H,4-12,17H2,1-3H3,(H,31,34)(H,32,33). The maximum absolute atomic E-state index is 6.76. The number of anilines is 2. The number of likely N-dealkylation sites (N-methyl/N-ethyl adjacent to an activating group) is 1. The van der Waals surface area contributed by atoms with Crippen LogP contribution >= 0.6 is 23.2 Å². The highest BCUT2D eigenvalue weighted by molar-refractivity contribution is 6.41. The summed E-state index contributed by atoms with van der Waals surface area (Å²) in [5.41, 5.74) is 1.17. The van der Waals surface area contributed by atoms with Gasteiger partial charge in [0.05, 0.1) is 42.6 Å². The van der Waals surface area contributed by atoms with Crippen molar-refractivity contribution >= 4 is 45.6 Å². The molecule has 210 valence electrons. The second kappa shape index (κ2) is 12.7. The largest absolute Gasteiger partial charge is 0.495 e. The number of aromatic nitrogens is 2. The minimum Gasteiger partial charge on any atom is -0.495 e. The average molecular weight is 576 g/mol. The van der Waals surface area contributed by atoms with Gasteiger partial charge in [0.2, 0.25) is 0 Å². The van der Waals surface area contributed by atoms with Crippen LogP contribution in [0.5, 0.6) is 11.5 Å². The van der Waals surface area contributed by atoms with E-state index in [1.54, 1.807) is 20.3 Å². The third-order valence-electron chi connectivity index (χ3n) is 7.37. The highest BCUT2D eigenvalue weighted by Gasteiger charge is 2.22. The summed E-state index contributed by atoms with van der Waals surface area (Å²) in [6.45, 7) is 7.45. The summed E-state index contributed by atoms with van der Waals surface area (Å²) in [6.07, 6.45) is 3.96. The third kappa shape index (κ3) is 6.44. The number of rotatable bonds is 9. The summed E-state index contributed by atoms with van der Waals surface area (Å²) in [7, 11) is 5.29. The molecule has 2 N–H and O–H groups in total. The molecule has 2 aliphatic heterocycles. The van der Waals surface area contributed by atoms with Crippen LogP contribution in [0.15, 0.2) is 24.4 Å². The Morgan fingerprint density at radius 3 is 2.46 bits per heavy atom. The van der Waals surface area contributed by atoms with Crippen LogP contribution in [0.4, 0.5) is 11.6 Å². The SMILES string of the molecule is COc1cc(OC)c(Cl)c(-c2cc3cnc(NC4CCCOC4)cc3c(NCCN3CCN(C)CC3)n2)c1Cl. The summed E-state index contributed by atoms with van der Waals surface area (Å²) >= 11 is 13.5. The fourth-order valence-corrected chi connectivity index (χ4v) is 5.76. The van der Waals surface area contributed by atoms with E-state index in [1.165, 1.54) is 0 Å². The van der Waals surface area contributed by atoms with Crippen LogP contribution in [0.2, 0.25) is 10.0 Å². The van der Waals surface area contributed by atoms with Crippen molar-refractivity contribution in [2.45, 2.75) is 18.9 Å². The molecule has 39 heavy (non-hydrogen) atoms. The van der Waals surface area contributed by atoms with E-state index in [4.69, 9.17) is 47.4 Å². The molecular weight excluding hydrogens is 539 g/mol. The predicted octanol–water partition coefficient (Wildman–Crippen LogP) is 4.87. The van der Waals surface area contributed by atoms with Crippen LogP contribution < -0.4 is 20.1 Å². The fraction of sp³-hybridized carbons (Fsp3) is 0.500. The first-order chi connectivity index (χ1) is 19.0. The lowest BCUT2D eigenvalue weighted by Gasteiger charge is -2.32. The quantitative estimate of drug-likeness (QED) is 0.371. The van der Waals surface area contributed by atoms with Crippen LogP contribution in [0.1, 0.15) is 12.8 Å². The van der Waals surface area contributed by atoms with Gasteiger partial charge in [-0.05, 0) is 32.0 Å². The molecule has 0 radical (unpaired) electrons. The second-order valence-corrected chi connectivity index (χ2v) is 10.8. The van der Waals surface area contributed by atoms with Crippen LogP contribution in [0.3, 0.4) is 0 Å². The molecule has 0 aliphatic carbocycles. The monoisotopic (exact) mass is 574 g/mol. The van der Waals surface area contributed by atoms with Crippen molar-refractivity contribution in [3.8, 4) is 22.8 Å². The van der Waals surface area contributed by atoms with E-state index in [9.17, 15) is 0 Å². The first-order valence-corrected chi connectivity index (χ1v) is 14.1. The summed E-state index contributed by atoms with van der Waals surface area (Å²) in [5.74, 6) is 2.48. The van der Waals surface area contributed by atoms with Crippen molar-refractivity contribution in [3.05, 3.63) is 34.4 Å². The Kier molecular flexibility index (Phi) is 9.14. The lowest BCUT2D eigenvalue weighted by Crippen LogP contribution is -2.45. The molecule has 2 saturated heterocycles. The second-order valence-electron chi connectivity index (χ2n) is 10.1. The van der Waals surface area contributed by atoms with Gasteiger partial charge in [-0.1, -0.05) is 23.2 Å². The Morgan fingerprint density at radius 2 is 1.79 bits per heavy atom. The molecule has 9 nitrogen and oxygen atoms in total. The van der Waals surface area contributed by atoms with Gasteiger partial charge in [-0.25, -0.2) is 9.97 Å². The molecule has 2 fully saturated rings. The van der Waals surface area contributed by atoms with Gasteiger partial charge in [-0.2, -0.15) is 0 Å². The smallest absolute Gasteiger partial charge is 0.141 e. The molecule has 4 heterocycles. The number of pyridine rings is 2. The Bertz CT molecular complexity index is 1270. The van der Waals surface area contributed by atoms with Crippen LogP contribution in [0.25, 0.3) is 22.0 Å². The molecular formula is C28H36Cl2N6O3. The van der Waals surface area contributed by atoms with Gasteiger partial charge in [-0.15, -0.1) is 0 Å². The number of ether oxygens (including phenoxy) is 3. The Balaban J connectivity index is 1.50. The third-order valence-corrected chi connectivity index (χ3v) is 8.12.